The molecule has 0 radical (unpaired) electrons. The van der Waals surface area contributed by atoms with Crippen molar-refractivity contribution in [2.75, 3.05) is 27.2 Å². The number of hydrogen-bond donors (Lipinski definition) is 2. The molecule has 1 heterocycles. The third-order valence-corrected chi connectivity index (χ3v) is 5.07. The van der Waals surface area contributed by atoms with Gasteiger partial charge in [-0.1, -0.05) is 19.1 Å². The van der Waals surface area contributed by atoms with Gasteiger partial charge in [-0.3, -0.25) is 0 Å². The quantitative estimate of drug-likeness (QED) is 0.544. The lowest BCUT2D eigenvalue weighted by Crippen LogP contribution is -2.39. The molecule has 26 heavy (non-hydrogen) atoms. The maximum Gasteiger partial charge on any atom is 0.191 e. The first-order valence-electron chi connectivity index (χ1n) is 8.97. The highest BCUT2D eigenvalue weighted by Gasteiger charge is 2.08. The molecular weight excluding hydrogens is 347 g/mol. The number of thiophene rings is 1. The molecule has 0 aliphatic heterocycles. The van der Waals surface area contributed by atoms with Crippen LogP contribution in [0, 0.1) is 5.82 Å². The van der Waals surface area contributed by atoms with E-state index in [1.165, 1.54) is 10.9 Å². The highest BCUT2D eigenvalue weighted by Crippen LogP contribution is 2.19. The van der Waals surface area contributed by atoms with Crippen LogP contribution in [0.2, 0.25) is 0 Å². The summed E-state index contributed by atoms with van der Waals surface area (Å²) in [6.07, 6.45) is 0. The van der Waals surface area contributed by atoms with Crippen molar-refractivity contribution >= 4 is 17.3 Å². The SMILES string of the molecule is CCNC(=NCc1ccc(F)c(CN(C)C)c1)NCC(C)c1cccs1. The molecular formula is C20H29FN4S. The summed E-state index contributed by atoms with van der Waals surface area (Å²) in [4.78, 5) is 7.97. The molecule has 0 saturated carbocycles. The molecule has 1 aromatic heterocycles. The van der Waals surface area contributed by atoms with Gasteiger partial charge in [0.1, 0.15) is 5.82 Å². The minimum Gasteiger partial charge on any atom is -0.357 e. The van der Waals surface area contributed by atoms with Crippen molar-refractivity contribution in [2.24, 2.45) is 4.99 Å². The number of nitrogens with one attached hydrogen (secondary N) is 2. The zero-order chi connectivity index (χ0) is 18.9. The van der Waals surface area contributed by atoms with Gasteiger partial charge < -0.3 is 15.5 Å². The van der Waals surface area contributed by atoms with Gasteiger partial charge in [-0.05, 0) is 50.2 Å². The Labute approximate surface area is 160 Å². The summed E-state index contributed by atoms with van der Waals surface area (Å²) in [6, 6.07) is 9.47. The molecule has 0 spiro atoms. The normalized spacial score (nSPS) is 13.1. The highest BCUT2D eigenvalue weighted by atomic mass is 32.1. The molecule has 1 unspecified atom stereocenters. The summed E-state index contributed by atoms with van der Waals surface area (Å²) < 4.78 is 13.9. The van der Waals surface area contributed by atoms with Crippen molar-refractivity contribution < 1.29 is 4.39 Å². The summed E-state index contributed by atoms with van der Waals surface area (Å²) in [5, 5.41) is 8.77. The maximum atomic E-state index is 13.9. The lowest BCUT2D eigenvalue weighted by atomic mass is 10.1. The molecule has 0 aliphatic carbocycles. The van der Waals surface area contributed by atoms with E-state index in [2.05, 4.69) is 40.1 Å². The molecule has 4 nitrogen and oxygen atoms in total. The van der Waals surface area contributed by atoms with Crippen LogP contribution in [0.4, 0.5) is 4.39 Å². The summed E-state index contributed by atoms with van der Waals surface area (Å²) in [5.74, 6) is 1.05. The van der Waals surface area contributed by atoms with E-state index in [0.29, 0.717) is 24.6 Å². The number of guanidine groups is 1. The van der Waals surface area contributed by atoms with Crippen molar-refractivity contribution in [3.63, 3.8) is 0 Å². The average Bonchev–Trinajstić information content (AvgIpc) is 3.14. The molecule has 1 aromatic carbocycles. The first-order chi connectivity index (χ1) is 12.5. The van der Waals surface area contributed by atoms with Crippen LogP contribution in [0.1, 0.15) is 35.8 Å². The predicted octanol–water partition coefficient (Wildman–Crippen LogP) is 3.81. The molecule has 0 bridgehead atoms. The van der Waals surface area contributed by atoms with Crippen molar-refractivity contribution in [3.05, 3.63) is 57.5 Å². The standard InChI is InChI=1S/C20H29FN4S/c1-5-22-20(23-12-15(2)19-7-6-10-26-19)24-13-16-8-9-18(21)17(11-16)14-25(3)4/h6-11,15H,5,12-14H2,1-4H3,(H2,22,23,24). The second-order valence-electron chi connectivity index (χ2n) is 6.66. The van der Waals surface area contributed by atoms with E-state index < -0.39 is 0 Å². The molecule has 0 aliphatic rings. The monoisotopic (exact) mass is 376 g/mol. The maximum absolute atomic E-state index is 13.9. The van der Waals surface area contributed by atoms with Crippen LogP contribution in [-0.2, 0) is 13.1 Å². The van der Waals surface area contributed by atoms with Gasteiger partial charge in [0.15, 0.2) is 5.96 Å². The van der Waals surface area contributed by atoms with Crippen LogP contribution in [0.25, 0.3) is 0 Å². The van der Waals surface area contributed by atoms with Crippen LogP contribution in [0.15, 0.2) is 40.7 Å². The third kappa shape index (κ3) is 6.42. The van der Waals surface area contributed by atoms with Crippen molar-refractivity contribution in [1.82, 2.24) is 15.5 Å². The first kappa shape index (κ1) is 20.4. The van der Waals surface area contributed by atoms with E-state index in [-0.39, 0.29) is 5.82 Å². The number of nitrogens with zero attached hydrogens (tertiary/aromatic N) is 2. The van der Waals surface area contributed by atoms with E-state index >= 15 is 0 Å². The van der Waals surface area contributed by atoms with Crippen LogP contribution in [-0.4, -0.2) is 38.0 Å². The van der Waals surface area contributed by atoms with Gasteiger partial charge >= 0.3 is 0 Å². The molecule has 0 fully saturated rings. The van der Waals surface area contributed by atoms with E-state index in [1.807, 2.05) is 32.0 Å². The molecule has 1 atom stereocenters. The Bertz CT molecular complexity index is 698. The predicted molar refractivity (Wildman–Crippen MR) is 109 cm³/mol. The summed E-state index contributed by atoms with van der Waals surface area (Å²) in [5.41, 5.74) is 1.71. The Balaban J connectivity index is 1.99. The minimum absolute atomic E-state index is 0.166. The second-order valence-corrected chi connectivity index (χ2v) is 7.64. The van der Waals surface area contributed by atoms with E-state index in [9.17, 15) is 4.39 Å². The highest BCUT2D eigenvalue weighted by molar-refractivity contribution is 7.10. The molecule has 2 aromatic rings. The summed E-state index contributed by atoms with van der Waals surface area (Å²) in [6.45, 7) is 6.97. The minimum atomic E-state index is -0.166. The van der Waals surface area contributed by atoms with Gasteiger partial charge in [0, 0.05) is 36.0 Å². The van der Waals surface area contributed by atoms with E-state index in [1.54, 1.807) is 17.4 Å². The van der Waals surface area contributed by atoms with Gasteiger partial charge in [0.05, 0.1) is 6.54 Å². The lowest BCUT2D eigenvalue weighted by Gasteiger charge is -2.15. The number of halogens is 1. The van der Waals surface area contributed by atoms with Gasteiger partial charge in [0.2, 0.25) is 0 Å². The molecule has 142 valence electrons. The van der Waals surface area contributed by atoms with Crippen LogP contribution < -0.4 is 10.6 Å². The van der Waals surface area contributed by atoms with Gasteiger partial charge in [-0.2, -0.15) is 0 Å². The van der Waals surface area contributed by atoms with Crippen molar-refractivity contribution in [2.45, 2.75) is 32.9 Å². The summed E-state index contributed by atoms with van der Waals surface area (Å²) in [7, 11) is 3.87. The topological polar surface area (TPSA) is 39.7 Å². The van der Waals surface area contributed by atoms with Crippen molar-refractivity contribution in [3.8, 4) is 0 Å². The molecule has 0 saturated heterocycles. The van der Waals surface area contributed by atoms with Crippen LogP contribution >= 0.6 is 11.3 Å². The fourth-order valence-corrected chi connectivity index (χ4v) is 3.41. The number of aliphatic imine (C=N–C) groups is 1. The largest absolute Gasteiger partial charge is 0.357 e. The number of benzene rings is 1. The zero-order valence-electron chi connectivity index (χ0n) is 16.1. The fourth-order valence-electron chi connectivity index (χ4n) is 2.62. The Morgan fingerprint density at radius 1 is 1.27 bits per heavy atom. The molecule has 6 heteroatoms. The Kier molecular flexibility index (Phi) is 8.06. The molecule has 0 amide bonds. The Morgan fingerprint density at radius 3 is 2.73 bits per heavy atom. The second kappa shape index (κ2) is 10.3. The van der Waals surface area contributed by atoms with Gasteiger partial charge in [-0.15, -0.1) is 11.3 Å². The lowest BCUT2D eigenvalue weighted by molar-refractivity contribution is 0.392. The van der Waals surface area contributed by atoms with Crippen LogP contribution in [0.3, 0.4) is 0 Å². The first-order valence-corrected chi connectivity index (χ1v) is 9.85. The molecule has 2 rings (SSSR count). The Hall–Kier alpha value is -1.92. The van der Waals surface area contributed by atoms with Gasteiger partial charge in [-0.25, -0.2) is 9.38 Å². The third-order valence-electron chi connectivity index (χ3n) is 3.97. The fraction of sp³-hybridized carbons (Fsp3) is 0.450. The van der Waals surface area contributed by atoms with Crippen molar-refractivity contribution in [1.29, 1.82) is 0 Å². The number of rotatable bonds is 8. The summed E-state index contributed by atoms with van der Waals surface area (Å²) >= 11 is 1.77. The van der Waals surface area contributed by atoms with E-state index in [4.69, 9.17) is 0 Å². The van der Waals surface area contributed by atoms with Gasteiger partial charge in [0.25, 0.3) is 0 Å². The number of hydrogen-bond acceptors (Lipinski definition) is 3. The average molecular weight is 377 g/mol. The smallest absolute Gasteiger partial charge is 0.191 e. The van der Waals surface area contributed by atoms with Crippen LogP contribution in [0.5, 0.6) is 0 Å². The van der Waals surface area contributed by atoms with E-state index in [0.717, 1.165) is 24.6 Å². The zero-order valence-corrected chi connectivity index (χ0v) is 16.9. The molecule has 2 N–H and O–H groups in total. The Morgan fingerprint density at radius 2 is 2.08 bits per heavy atom.